The van der Waals surface area contributed by atoms with Crippen LogP contribution in [0.5, 0.6) is 0 Å². The van der Waals surface area contributed by atoms with Crippen molar-refractivity contribution < 1.29 is 8.42 Å². The van der Waals surface area contributed by atoms with Crippen LogP contribution in [-0.2, 0) is 16.6 Å². The topological polar surface area (TPSA) is 72.0 Å². The molecule has 0 atom stereocenters. The highest BCUT2D eigenvalue weighted by Gasteiger charge is 2.15. The molecule has 3 rings (SSSR count). The summed E-state index contributed by atoms with van der Waals surface area (Å²) in [7, 11) is -3.57. The largest absolute Gasteiger partial charge is 0.264 e. The van der Waals surface area contributed by atoms with E-state index in [1.54, 1.807) is 48.9 Å². The van der Waals surface area contributed by atoms with Crippen LogP contribution in [0.15, 0.2) is 72.0 Å². The van der Waals surface area contributed by atoms with Gasteiger partial charge in [0.25, 0.3) is 0 Å². The van der Waals surface area contributed by atoms with E-state index < -0.39 is 10.0 Å². The lowest BCUT2D eigenvalue weighted by atomic mass is 10.1. The van der Waals surface area contributed by atoms with Crippen molar-refractivity contribution in [1.29, 1.82) is 0 Å². The maximum absolute atomic E-state index is 12.4. The van der Waals surface area contributed by atoms with Crippen molar-refractivity contribution in [1.82, 2.24) is 14.7 Å². The van der Waals surface area contributed by atoms with Crippen molar-refractivity contribution >= 4 is 10.0 Å². The molecule has 0 radical (unpaired) electrons. The lowest BCUT2D eigenvalue weighted by Gasteiger charge is -2.10. The quantitative estimate of drug-likeness (QED) is 0.776. The Balaban J connectivity index is 1.84. The highest BCUT2D eigenvalue weighted by atomic mass is 32.2. The van der Waals surface area contributed by atoms with E-state index in [0.717, 1.165) is 22.4 Å². The van der Waals surface area contributed by atoms with Gasteiger partial charge in [-0.1, -0.05) is 23.8 Å². The van der Waals surface area contributed by atoms with E-state index in [2.05, 4.69) is 14.7 Å². The molecule has 0 aliphatic rings. The number of nitrogens with zero attached hydrogens (tertiary/aromatic N) is 2. The number of aryl methyl sites for hydroxylation is 1. The second-order valence-electron chi connectivity index (χ2n) is 5.39. The molecule has 5 nitrogen and oxygen atoms in total. The number of hydrogen-bond donors (Lipinski definition) is 1. The van der Waals surface area contributed by atoms with Gasteiger partial charge < -0.3 is 0 Å². The molecule has 0 unspecified atom stereocenters. The summed E-state index contributed by atoms with van der Waals surface area (Å²) in [4.78, 5) is 8.70. The van der Waals surface area contributed by atoms with Gasteiger partial charge >= 0.3 is 0 Å². The number of benzene rings is 1. The molecule has 2 heterocycles. The van der Waals surface area contributed by atoms with Crippen molar-refractivity contribution in [3.63, 3.8) is 0 Å². The molecule has 0 fully saturated rings. The first kappa shape index (κ1) is 16.3. The van der Waals surface area contributed by atoms with Gasteiger partial charge in [0.1, 0.15) is 0 Å². The third kappa shape index (κ3) is 3.67. The van der Waals surface area contributed by atoms with Gasteiger partial charge in [0.2, 0.25) is 10.0 Å². The summed E-state index contributed by atoms with van der Waals surface area (Å²) in [6.07, 6.45) is 5.08. The van der Waals surface area contributed by atoms with Gasteiger partial charge in [-0.05, 0) is 42.8 Å². The molecule has 0 bridgehead atoms. The lowest BCUT2D eigenvalue weighted by molar-refractivity contribution is 0.581. The van der Waals surface area contributed by atoms with Crippen LogP contribution >= 0.6 is 0 Å². The second-order valence-corrected chi connectivity index (χ2v) is 7.16. The number of nitrogens with one attached hydrogen (secondary N) is 1. The van der Waals surface area contributed by atoms with Crippen molar-refractivity contribution in [3.8, 4) is 11.3 Å². The SMILES string of the molecule is Cc1ccc(S(=O)(=O)NCc2cccnc2-c2cccnc2)cc1. The fraction of sp³-hybridized carbons (Fsp3) is 0.111. The zero-order valence-corrected chi connectivity index (χ0v) is 14.0. The summed E-state index contributed by atoms with van der Waals surface area (Å²) in [5.41, 5.74) is 3.38. The van der Waals surface area contributed by atoms with Crippen LogP contribution in [0.2, 0.25) is 0 Å². The maximum Gasteiger partial charge on any atom is 0.240 e. The van der Waals surface area contributed by atoms with Crippen LogP contribution in [0.1, 0.15) is 11.1 Å². The molecule has 0 saturated heterocycles. The average molecular weight is 339 g/mol. The zero-order chi connectivity index (χ0) is 17.0. The predicted molar refractivity (Wildman–Crippen MR) is 92.7 cm³/mol. The Morgan fingerprint density at radius 3 is 2.46 bits per heavy atom. The second kappa shape index (κ2) is 6.90. The van der Waals surface area contributed by atoms with Gasteiger partial charge in [-0.25, -0.2) is 13.1 Å². The molecule has 1 N–H and O–H groups in total. The van der Waals surface area contributed by atoms with Crippen LogP contribution in [0.25, 0.3) is 11.3 Å². The van der Waals surface area contributed by atoms with E-state index >= 15 is 0 Å². The first-order chi connectivity index (χ1) is 11.6. The van der Waals surface area contributed by atoms with E-state index in [1.807, 2.05) is 25.1 Å². The first-order valence-corrected chi connectivity index (χ1v) is 8.95. The van der Waals surface area contributed by atoms with E-state index in [0.29, 0.717) is 0 Å². The summed E-state index contributed by atoms with van der Waals surface area (Å²) < 4.78 is 27.5. The minimum absolute atomic E-state index is 0.161. The molecule has 0 aliphatic heterocycles. The Labute approximate surface area is 141 Å². The van der Waals surface area contributed by atoms with Crippen LogP contribution in [-0.4, -0.2) is 18.4 Å². The Hall–Kier alpha value is -2.57. The van der Waals surface area contributed by atoms with Gasteiger partial charge in [0.15, 0.2) is 0 Å². The molecule has 1 aromatic carbocycles. The molecule has 3 aromatic rings. The molecule has 0 amide bonds. The Morgan fingerprint density at radius 1 is 1.00 bits per heavy atom. The minimum atomic E-state index is -3.57. The van der Waals surface area contributed by atoms with Crippen molar-refractivity contribution in [2.45, 2.75) is 18.4 Å². The molecule has 24 heavy (non-hydrogen) atoms. The molecule has 6 heteroatoms. The van der Waals surface area contributed by atoms with Gasteiger partial charge in [-0.3, -0.25) is 9.97 Å². The molecule has 0 saturated carbocycles. The predicted octanol–water partition coefficient (Wildman–Crippen LogP) is 2.93. The maximum atomic E-state index is 12.4. The van der Waals surface area contributed by atoms with Gasteiger partial charge in [-0.2, -0.15) is 0 Å². The minimum Gasteiger partial charge on any atom is -0.264 e. The van der Waals surface area contributed by atoms with Crippen molar-refractivity contribution in [3.05, 3.63) is 78.2 Å². The Morgan fingerprint density at radius 2 is 1.75 bits per heavy atom. The molecule has 2 aromatic heterocycles. The molecule has 0 aliphatic carbocycles. The summed E-state index contributed by atoms with van der Waals surface area (Å²) >= 11 is 0. The number of aromatic nitrogens is 2. The lowest BCUT2D eigenvalue weighted by Crippen LogP contribution is -2.23. The monoisotopic (exact) mass is 339 g/mol. The third-order valence-electron chi connectivity index (χ3n) is 3.61. The van der Waals surface area contributed by atoms with Gasteiger partial charge in [0, 0.05) is 30.7 Å². The normalized spacial score (nSPS) is 11.4. The molecule has 122 valence electrons. The highest BCUT2D eigenvalue weighted by Crippen LogP contribution is 2.20. The molecular formula is C18H17N3O2S. The van der Waals surface area contributed by atoms with Crippen molar-refractivity contribution in [2.75, 3.05) is 0 Å². The fourth-order valence-electron chi connectivity index (χ4n) is 2.32. The highest BCUT2D eigenvalue weighted by molar-refractivity contribution is 7.89. The van der Waals surface area contributed by atoms with Gasteiger partial charge in [0.05, 0.1) is 10.6 Å². The van der Waals surface area contributed by atoms with Crippen molar-refractivity contribution in [2.24, 2.45) is 0 Å². The van der Waals surface area contributed by atoms with E-state index in [-0.39, 0.29) is 11.4 Å². The summed E-state index contributed by atoms with van der Waals surface area (Å²) in [5, 5.41) is 0. The smallest absolute Gasteiger partial charge is 0.240 e. The van der Waals surface area contributed by atoms with Crippen LogP contribution in [0.3, 0.4) is 0 Å². The Kier molecular flexibility index (Phi) is 4.69. The Bertz CT molecular complexity index is 924. The average Bonchev–Trinajstić information content (AvgIpc) is 2.61. The van der Waals surface area contributed by atoms with E-state index in [9.17, 15) is 8.42 Å². The molecular weight excluding hydrogens is 322 g/mol. The standard InChI is InChI=1S/C18H17N3O2S/c1-14-6-8-17(9-7-14)24(22,23)21-13-16-5-3-11-20-18(16)15-4-2-10-19-12-15/h2-12,21H,13H2,1H3. The number of sulfonamides is 1. The summed E-state index contributed by atoms with van der Waals surface area (Å²) in [6.45, 7) is 2.08. The third-order valence-corrected chi connectivity index (χ3v) is 5.03. The number of pyridine rings is 2. The van der Waals surface area contributed by atoms with Crippen LogP contribution in [0, 0.1) is 6.92 Å². The van der Waals surface area contributed by atoms with Crippen LogP contribution in [0.4, 0.5) is 0 Å². The van der Waals surface area contributed by atoms with Gasteiger partial charge in [-0.15, -0.1) is 0 Å². The van der Waals surface area contributed by atoms with E-state index in [1.165, 1.54) is 0 Å². The summed E-state index contributed by atoms with van der Waals surface area (Å²) in [5.74, 6) is 0. The van der Waals surface area contributed by atoms with Crippen LogP contribution < -0.4 is 4.72 Å². The molecule has 0 spiro atoms. The summed E-state index contributed by atoms with van der Waals surface area (Å²) in [6, 6.07) is 14.1. The zero-order valence-electron chi connectivity index (χ0n) is 13.2. The van der Waals surface area contributed by atoms with E-state index in [4.69, 9.17) is 0 Å². The first-order valence-electron chi connectivity index (χ1n) is 7.47. The fourth-order valence-corrected chi connectivity index (χ4v) is 3.32. The number of rotatable bonds is 5. The number of hydrogen-bond acceptors (Lipinski definition) is 4.